The van der Waals surface area contributed by atoms with Gasteiger partial charge >= 0.3 is 0 Å². The summed E-state index contributed by atoms with van der Waals surface area (Å²) < 4.78 is 29.7. The molecule has 0 bridgehead atoms. The van der Waals surface area contributed by atoms with Gasteiger partial charge in [0.25, 0.3) is 5.91 Å². The van der Waals surface area contributed by atoms with Crippen LogP contribution in [-0.4, -0.2) is 44.5 Å². The number of nitrogens with zero attached hydrogens (tertiary/aromatic N) is 1. The first kappa shape index (κ1) is 22.1. The predicted molar refractivity (Wildman–Crippen MR) is 114 cm³/mol. The molecule has 3 rings (SSSR count). The molecule has 6 nitrogen and oxygen atoms in total. The highest BCUT2D eigenvalue weighted by Gasteiger charge is 2.48. The largest absolute Gasteiger partial charge is 0.480 e. The number of nitrogens with one attached hydrogen (secondary N) is 1. The molecule has 0 atom stereocenters. The number of aromatic nitrogens is 1. The summed E-state index contributed by atoms with van der Waals surface area (Å²) in [7, 11) is -1.43. The van der Waals surface area contributed by atoms with Gasteiger partial charge in [0, 0.05) is 18.0 Å². The van der Waals surface area contributed by atoms with E-state index in [1.54, 1.807) is 0 Å². The molecule has 0 unspecified atom stereocenters. The van der Waals surface area contributed by atoms with Crippen molar-refractivity contribution in [3.63, 3.8) is 0 Å². The number of sulfone groups is 1. The number of aryl methyl sites for hydroxylation is 2. The standard InChI is InChI=1S/C22H34N2O4S/c1-5-8-29(26,27)13-18-11-22(12-18,10-17-6-7-17)14-23-20(25)19-15(2)9-16(3)24-21(19)28-4/h9,17-18H,5-8,10-14H2,1-4H3,(H,23,25)/t18-,22-. The lowest BCUT2D eigenvalue weighted by atomic mass is 9.60. The molecule has 0 spiro atoms. The lowest BCUT2D eigenvalue weighted by Gasteiger charge is -2.48. The van der Waals surface area contributed by atoms with Gasteiger partial charge in [-0.2, -0.15) is 0 Å². The number of hydrogen-bond donors (Lipinski definition) is 1. The van der Waals surface area contributed by atoms with E-state index in [0.29, 0.717) is 24.4 Å². The Labute approximate surface area is 174 Å². The summed E-state index contributed by atoms with van der Waals surface area (Å²) in [5.74, 6) is 1.71. The molecule has 1 heterocycles. The minimum Gasteiger partial charge on any atom is -0.480 e. The SMILES string of the molecule is CCCS(=O)(=O)C[C@H]1C[C@@](CNC(=O)c2c(C)cc(C)nc2OC)(CC2CC2)C1. The highest BCUT2D eigenvalue weighted by Crippen LogP contribution is 2.54. The van der Waals surface area contributed by atoms with Gasteiger partial charge < -0.3 is 10.1 Å². The number of pyridine rings is 1. The minimum absolute atomic E-state index is 0.0303. The molecule has 1 aromatic rings. The molecule has 1 N–H and O–H groups in total. The van der Waals surface area contributed by atoms with Crippen LogP contribution in [0.1, 0.15) is 67.1 Å². The lowest BCUT2D eigenvalue weighted by Crippen LogP contribution is -2.48. The second-order valence-corrected chi connectivity index (χ2v) is 11.4. The van der Waals surface area contributed by atoms with Crippen LogP contribution in [0.15, 0.2) is 6.07 Å². The summed E-state index contributed by atoms with van der Waals surface area (Å²) in [5, 5.41) is 3.11. The van der Waals surface area contributed by atoms with Gasteiger partial charge in [-0.25, -0.2) is 13.4 Å². The van der Waals surface area contributed by atoms with Gasteiger partial charge in [-0.1, -0.05) is 19.8 Å². The monoisotopic (exact) mass is 422 g/mol. The second-order valence-electron chi connectivity index (χ2n) is 9.18. The molecule has 2 aliphatic carbocycles. The normalized spacial score (nSPS) is 24.1. The van der Waals surface area contributed by atoms with Crippen molar-refractivity contribution in [2.75, 3.05) is 25.2 Å². The van der Waals surface area contributed by atoms with E-state index in [1.165, 1.54) is 20.0 Å². The van der Waals surface area contributed by atoms with E-state index in [2.05, 4.69) is 10.3 Å². The number of ether oxygens (including phenoxy) is 1. The van der Waals surface area contributed by atoms with Crippen molar-refractivity contribution in [1.82, 2.24) is 10.3 Å². The fourth-order valence-electron chi connectivity index (χ4n) is 4.94. The highest BCUT2D eigenvalue weighted by atomic mass is 32.2. The Bertz CT molecular complexity index is 856. The van der Waals surface area contributed by atoms with Crippen LogP contribution < -0.4 is 10.1 Å². The Balaban J connectivity index is 1.65. The Kier molecular flexibility index (Phi) is 6.56. The minimum atomic E-state index is -2.96. The van der Waals surface area contributed by atoms with Crippen molar-refractivity contribution < 1.29 is 17.9 Å². The maximum Gasteiger partial charge on any atom is 0.257 e. The van der Waals surface area contributed by atoms with Crippen LogP contribution in [0.4, 0.5) is 0 Å². The summed E-state index contributed by atoms with van der Waals surface area (Å²) in [6.45, 7) is 6.26. The maximum atomic E-state index is 12.9. The smallest absolute Gasteiger partial charge is 0.257 e. The van der Waals surface area contributed by atoms with Gasteiger partial charge in [-0.3, -0.25) is 4.79 Å². The molecule has 1 aromatic heterocycles. The van der Waals surface area contributed by atoms with Crippen LogP contribution >= 0.6 is 0 Å². The van der Waals surface area contributed by atoms with Gasteiger partial charge in [-0.15, -0.1) is 0 Å². The zero-order valence-electron chi connectivity index (χ0n) is 18.1. The van der Waals surface area contributed by atoms with Crippen molar-refractivity contribution in [3.8, 4) is 5.88 Å². The topological polar surface area (TPSA) is 85.4 Å². The third kappa shape index (κ3) is 5.50. The molecule has 2 saturated carbocycles. The highest BCUT2D eigenvalue weighted by molar-refractivity contribution is 7.91. The first-order valence-corrected chi connectivity index (χ1v) is 12.5. The first-order chi connectivity index (χ1) is 13.7. The number of amides is 1. The molecule has 0 radical (unpaired) electrons. The maximum absolute atomic E-state index is 12.9. The van der Waals surface area contributed by atoms with Gasteiger partial charge in [0.15, 0.2) is 9.84 Å². The van der Waals surface area contributed by atoms with Crippen molar-refractivity contribution in [1.29, 1.82) is 0 Å². The number of hydrogen-bond acceptors (Lipinski definition) is 5. The third-order valence-electron chi connectivity index (χ3n) is 6.22. The molecule has 29 heavy (non-hydrogen) atoms. The average molecular weight is 423 g/mol. The summed E-state index contributed by atoms with van der Waals surface area (Å²) in [6.07, 6.45) is 6.03. The van der Waals surface area contributed by atoms with Gasteiger partial charge in [0.2, 0.25) is 5.88 Å². The quantitative estimate of drug-likeness (QED) is 0.624. The van der Waals surface area contributed by atoms with Crippen LogP contribution in [0.5, 0.6) is 5.88 Å². The van der Waals surface area contributed by atoms with Crippen LogP contribution in [0.3, 0.4) is 0 Å². The summed E-state index contributed by atoms with van der Waals surface area (Å²) in [6, 6.07) is 1.88. The van der Waals surface area contributed by atoms with Gasteiger partial charge in [0.05, 0.1) is 12.9 Å². The number of methoxy groups -OCH3 is 1. The molecule has 1 amide bonds. The predicted octanol–water partition coefficient (Wildman–Crippen LogP) is 3.46. The molecular weight excluding hydrogens is 388 g/mol. The zero-order chi connectivity index (χ0) is 21.2. The molecule has 7 heteroatoms. The Morgan fingerprint density at radius 1 is 1.28 bits per heavy atom. The van der Waals surface area contributed by atoms with Crippen LogP contribution in [0.2, 0.25) is 0 Å². The lowest BCUT2D eigenvalue weighted by molar-refractivity contribution is 0.0474. The second kappa shape index (κ2) is 8.62. The fourth-order valence-corrected chi connectivity index (χ4v) is 6.68. The van der Waals surface area contributed by atoms with E-state index < -0.39 is 9.84 Å². The van der Waals surface area contributed by atoms with Crippen LogP contribution in [-0.2, 0) is 9.84 Å². The van der Waals surface area contributed by atoms with Crippen LogP contribution in [0, 0.1) is 31.1 Å². The van der Waals surface area contributed by atoms with Gasteiger partial charge in [0.1, 0.15) is 5.56 Å². The average Bonchev–Trinajstić information content (AvgIpc) is 3.40. The Hall–Kier alpha value is -1.63. The van der Waals surface area contributed by atoms with Crippen molar-refractivity contribution >= 4 is 15.7 Å². The van der Waals surface area contributed by atoms with Crippen molar-refractivity contribution in [2.24, 2.45) is 17.3 Å². The summed E-state index contributed by atoms with van der Waals surface area (Å²) in [5.41, 5.74) is 2.18. The Morgan fingerprint density at radius 2 is 1.97 bits per heavy atom. The molecule has 0 aromatic carbocycles. The number of carbonyl (C=O) groups is 1. The summed E-state index contributed by atoms with van der Waals surface area (Å²) in [4.78, 5) is 17.2. The molecule has 162 valence electrons. The Morgan fingerprint density at radius 3 is 2.55 bits per heavy atom. The summed E-state index contributed by atoms with van der Waals surface area (Å²) >= 11 is 0. The van der Waals surface area contributed by atoms with E-state index in [9.17, 15) is 13.2 Å². The molecule has 0 aliphatic heterocycles. The molecule has 0 saturated heterocycles. The molecule has 2 aliphatic rings. The van der Waals surface area contributed by atoms with Crippen molar-refractivity contribution in [2.45, 2.75) is 59.3 Å². The fraction of sp³-hybridized carbons (Fsp3) is 0.727. The van der Waals surface area contributed by atoms with E-state index in [4.69, 9.17) is 4.74 Å². The number of carbonyl (C=O) groups excluding carboxylic acids is 1. The first-order valence-electron chi connectivity index (χ1n) is 10.7. The van der Waals surface area contributed by atoms with E-state index in [0.717, 1.165) is 36.4 Å². The van der Waals surface area contributed by atoms with E-state index >= 15 is 0 Å². The van der Waals surface area contributed by atoms with Crippen LogP contribution in [0.25, 0.3) is 0 Å². The van der Waals surface area contributed by atoms with Gasteiger partial charge in [-0.05, 0) is 68.4 Å². The van der Waals surface area contributed by atoms with E-state index in [1.807, 2.05) is 26.8 Å². The van der Waals surface area contributed by atoms with E-state index in [-0.39, 0.29) is 28.7 Å². The molecule has 2 fully saturated rings. The zero-order valence-corrected chi connectivity index (χ0v) is 18.9. The number of rotatable bonds is 10. The van der Waals surface area contributed by atoms with Crippen molar-refractivity contribution in [3.05, 3.63) is 22.9 Å². The molecular formula is C22H34N2O4S. The third-order valence-corrected chi connectivity index (χ3v) is 8.23.